The van der Waals surface area contributed by atoms with Crippen LogP contribution in [0.4, 0.5) is 0 Å². The predicted octanol–water partition coefficient (Wildman–Crippen LogP) is 1.81. The lowest BCUT2D eigenvalue weighted by Crippen LogP contribution is -2.00. The molecular formula is C6H8Cl2O. The van der Waals surface area contributed by atoms with Gasteiger partial charge >= 0.3 is 0 Å². The van der Waals surface area contributed by atoms with Gasteiger partial charge in [0.15, 0.2) is 0 Å². The summed E-state index contributed by atoms with van der Waals surface area (Å²) in [7, 11) is 0. The first-order chi connectivity index (χ1) is 4.18. The van der Waals surface area contributed by atoms with Gasteiger partial charge in [0.05, 0.1) is 16.7 Å². The van der Waals surface area contributed by atoms with Gasteiger partial charge in [-0.3, -0.25) is 4.79 Å². The summed E-state index contributed by atoms with van der Waals surface area (Å²) < 4.78 is 0. The summed E-state index contributed by atoms with van der Waals surface area (Å²) >= 11 is 11.2. The van der Waals surface area contributed by atoms with Gasteiger partial charge in [-0.2, -0.15) is 0 Å². The van der Waals surface area contributed by atoms with E-state index in [-0.39, 0.29) is 22.5 Å². The van der Waals surface area contributed by atoms with Crippen molar-refractivity contribution in [1.82, 2.24) is 0 Å². The van der Waals surface area contributed by atoms with Crippen LogP contribution in [0.25, 0.3) is 0 Å². The first-order valence-corrected chi connectivity index (χ1v) is 3.86. The Hall–Kier alpha value is 0.250. The highest BCUT2D eigenvalue weighted by Gasteiger charge is 2.51. The molecule has 1 nitrogen and oxygen atoms in total. The standard InChI is InChI=1S/C6H8Cl2O/c1-2-3(9)4-5(7)6(4)8/h4-6H,2H2,1H3. The highest BCUT2D eigenvalue weighted by atomic mass is 35.5. The average Bonchev–Trinajstić information content (AvgIpc) is 2.40. The van der Waals surface area contributed by atoms with E-state index in [9.17, 15) is 4.79 Å². The van der Waals surface area contributed by atoms with E-state index in [0.717, 1.165) is 0 Å². The van der Waals surface area contributed by atoms with Crippen molar-refractivity contribution in [2.45, 2.75) is 24.1 Å². The highest BCUT2D eigenvalue weighted by molar-refractivity contribution is 6.37. The fraction of sp³-hybridized carbons (Fsp3) is 0.833. The molecule has 3 heteroatoms. The van der Waals surface area contributed by atoms with Crippen LogP contribution in [-0.4, -0.2) is 16.5 Å². The Kier molecular flexibility index (Phi) is 2.02. The van der Waals surface area contributed by atoms with Crippen LogP contribution in [0.3, 0.4) is 0 Å². The molecule has 2 unspecified atom stereocenters. The van der Waals surface area contributed by atoms with Crippen molar-refractivity contribution in [2.75, 3.05) is 0 Å². The van der Waals surface area contributed by atoms with Crippen LogP contribution in [0, 0.1) is 5.92 Å². The maximum absolute atomic E-state index is 10.8. The summed E-state index contributed by atoms with van der Waals surface area (Å²) in [5, 5.41) is -0.196. The minimum atomic E-state index is -0.0980. The van der Waals surface area contributed by atoms with E-state index in [0.29, 0.717) is 6.42 Å². The smallest absolute Gasteiger partial charge is 0.138 e. The number of hydrogen-bond donors (Lipinski definition) is 0. The topological polar surface area (TPSA) is 17.1 Å². The first kappa shape index (κ1) is 7.36. The lowest BCUT2D eigenvalue weighted by molar-refractivity contribution is -0.119. The van der Waals surface area contributed by atoms with Crippen LogP contribution >= 0.6 is 23.2 Å². The zero-order chi connectivity index (χ0) is 7.02. The second-order valence-electron chi connectivity index (χ2n) is 2.23. The summed E-state index contributed by atoms with van der Waals surface area (Å²) in [5.74, 6) is 0.133. The Labute approximate surface area is 64.3 Å². The third-order valence-electron chi connectivity index (χ3n) is 1.57. The Balaban J connectivity index is 2.40. The molecule has 1 rings (SSSR count). The number of carbonyl (C=O) groups is 1. The molecule has 0 saturated heterocycles. The van der Waals surface area contributed by atoms with E-state index < -0.39 is 0 Å². The molecule has 0 aromatic heterocycles. The molecule has 0 aromatic rings. The van der Waals surface area contributed by atoms with E-state index in [1.165, 1.54) is 0 Å². The predicted molar refractivity (Wildman–Crippen MR) is 38.1 cm³/mol. The molecule has 0 amide bonds. The number of halogens is 2. The maximum Gasteiger partial charge on any atom is 0.138 e. The van der Waals surface area contributed by atoms with Crippen LogP contribution in [0.2, 0.25) is 0 Å². The van der Waals surface area contributed by atoms with Crippen molar-refractivity contribution in [3.63, 3.8) is 0 Å². The number of ketones is 1. The van der Waals surface area contributed by atoms with Crippen molar-refractivity contribution in [3.8, 4) is 0 Å². The lowest BCUT2D eigenvalue weighted by Gasteiger charge is -1.87. The summed E-state index contributed by atoms with van der Waals surface area (Å²) in [6, 6.07) is 0. The first-order valence-electron chi connectivity index (χ1n) is 2.99. The zero-order valence-corrected chi connectivity index (χ0v) is 6.62. The molecule has 2 atom stereocenters. The van der Waals surface area contributed by atoms with Gasteiger partial charge in [-0.1, -0.05) is 6.92 Å². The summed E-state index contributed by atoms with van der Waals surface area (Å²) in [6.45, 7) is 1.83. The summed E-state index contributed by atoms with van der Waals surface area (Å²) in [5.41, 5.74) is 0. The lowest BCUT2D eigenvalue weighted by atomic mass is 10.2. The minimum absolute atomic E-state index is 0.0571. The molecule has 0 heterocycles. The number of hydrogen-bond acceptors (Lipinski definition) is 1. The second kappa shape index (κ2) is 2.47. The van der Waals surface area contributed by atoms with E-state index in [4.69, 9.17) is 23.2 Å². The van der Waals surface area contributed by atoms with Crippen LogP contribution in [0.5, 0.6) is 0 Å². The molecule has 0 bridgehead atoms. The molecule has 9 heavy (non-hydrogen) atoms. The summed E-state index contributed by atoms with van der Waals surface area (Å²) in [6.07, 6.45) is 0.553. The van der Waals surface area contributed by atoms with Crippen molar-refractivity contribution in [2.24, 2.45) is 5.92 Å². The zero-order valence-electron chi connectivity index (χ0n) is 5.10. The Morgan fingerprint density at radius 3 is 2.00 bits per heavy atom. The molecule has 52 valence electrons. The highest BCUT2D eigenvalue weighted by Crippen LogP contribution is 2.42. The fourth-order valence-corrected chi connectivity index (χ4v) is 1.65. The summed E-state index contributed by atoms with van der Waals surface area (Å²) in [4.78, 5) is 10.8. The quantitative estimate of drug-likeness (QED) is 0.573. The molecule has 0 aromatic carbocycles. The largest absolute Gasteiger partial charge is 0.299 e. The third-order valence-corrected chi connectivity index (χ3v) is 2.78. The van der Waals surface area contributed by atoms with Crippen molar-refractivity contribution in [3.05, 3.63) is 0 Å². The molecule has 1 aliphatic rings. The van der Waals surface area contributed by atoms with E-state index in [1.807, 2.05) is 6.92 Å². The number of carbonyl (C=O) groups excluding carboxylic acids is 1. The Bertz CT molecular complexity index is 127. The molecule has 0 aliphatic heterocycles. The molecule has 1 saturated carbocycles. The molecule has 0 radical (unpaired) electrons. The Morgan fingerprint density at radius 2 is 1.89 bits per heavy atom. The molecule has 1 fully saturated rings. The molecule has 1 aliphatic carbocycles. The van der Waals surface area contributed by atoms with Gasteiger partial charge < -0.3 is 0 Å². The average molecular weight is 167 g/mol. The van der Waals surface area contributed by atoms with Gasteiger partial charge in [0.2, 0.25) is 0 Å². The number of alkyl halides is 2. The second-order valence-corrected chi connectivity index (χ2v) is 3.24. The van der Waals surface area contributed by atoms with Gasteiger partial charge in [-0.25, -0.2) is 0 Å². The number of Topliss-reactive ketones (excluding diaryl/α,β-unsaturated/α-hetero) is 1. The third kappa shape index (κ3) is 1.22. The van der Waals surface area contributed by atoms with E-state index in [1.54, 1.807) is 0 Å². The van der Waals surface area contributed by atoms with Crippen LogP contribution < -0.4 is 0 Å². The van der Waals surface area contributed by atoms with Gasteiger partial charge in [0.25, 0.3) is 0 Å². The fourth-order valence-electron chi connectivity index (χ4n) is 0.831. The van der Waals surface area contributed by atoms with E-state index in [2.05, 4.69) is 0 Å². The SMILES string of the molecule is CCC(=O)C1C(Cl)C1Cl. The van der Waals surface area contributed by atoms with Crippen molar-refractivity contribution in [1.29, 1.82) is 0 Å². The van der Waals surface area contributed by atoms with Crippen LogP contribution in [0.15, 0.2) is 0 Å². The normalized spacial score (nSPS) is 40.6. The molecular weight excluding hydrogens is 159 g/mol. The van der Waals surface area contributed by atoms with Gasteiger partial charge in [-0.15, -0.1) is 23.2 Å². The van der Waals surface area contributed by atoms with Gasteiger partial charge in [0, 0.05) is 6.42 Å². The number of rotatable bonds is 2. The van der Waals surface area contributed by atoms with Crippen LogP contribution in [0.1, 0.15) is 13.3 Å². The maximum atomic E-state index is 10.8. The van der Waals surface area contributed by atoms with Crippen LogP contribution in [-0.2, 0) is 4.79 Å². The molecule has 0 N–H and O–H groups in total. The monoisotopic (exact) mass is 166 g/mol. The minimum Gasteiger partial charge on any atom is -0.299 e. The molecule has 0 spiro atoms. The van der Waals surface area contributed by atoms with Gasteiger partial charge in [-0.05, 0) is 0 Å². The van der Waals surface area contributed by atoms with E-state index >= 15 is 0 Å². The van der Waals surface area contributed by atoms with Gasteiger partial charge in [0.1, 0.15) is 5.78 Å². The van der Waals surface area contributed by atoms with Crippen molar-refractivity contribution >= 4 is 29.0 Å². The Morgan fingerprint density at radius 1 is 1.44 bits per heavy atom. The van der Waals surface area contributed by atoms with Crippen molar-refractivity contribution < 1.29 is 4.79 Å².